The van der Waals surface area contributed by atoms with E-state index >= 15 is 0 Å². The molecule has 2 rings (SSSR count). The smallest absolute Gasteiger partial charge is 0.0329 e. The monoisotopic (exact) mass is 224 g/mol. The van der Waals surface area contributed by atoms with Gasteiger partial charge >= 0.3 is 0 Å². The quantitative estimate of drug-likeness (QED) is 0.847. The van der Waals surface area contributed by atoms with Crippen molar-refractivity contribution in [2.75, 3.05) is 19.6 Å². The van der Waals surface area contributed by atoms with Gasteiger partial charge in [-0.05, 0) is 24.8 Å². The maximum Gasteiger partial charge on any atom is 0.0329 e. The molecule has 0 radical (unpaired) electrons. The van der Waals surface area contributed by atoms with Gasteiger partial charge in [0.25, 0.3) is 0 Å². The lowest BCUT2D eigenvalue weighted by atomic mass is 9.96. The first kappa shape index (κ1) is 11.1. The second kappa shape index (κ2) is 4.64. The molecule has 0 saturated carbocycles. The molecule has 0 aliphatic carbocycles. The van der Waals surface area contributed by atoms with Gasteiger partial charge in [-0.1, -0.05) is 13.0 Å². The summed E-state index contributed by atoms with van der Waals surface area (Å²) in [6.07, 6.45) is 1.20. The molecule has 1 fully saturated rings. The normalized spacial score (nSPS) is 28.1. The lowest BCUT2D eigenvalue weighted by Gasteiger charge is -2.41. The zero-order valence-electron chi connectivity index (χ0n) is 9.62. The van der Waals surface area contributed by atoms with Crippen molar-refractivity contribution in [1.29, 1.82) is 0 Å². The Morgan fingerprint density at radius 1 is 1.60 bits per heavy atom. The van der Waals surface area contributed by atoms with Crippen LogP contribution in [0.3, 0.4) is 0 Å². The van der Waals surface area contributed by atoms with Crippen molar-refractivity contribution in [3.05, 3.63) is 22.4 Å². The van der Waals surface area contributed by atoms with E-state index in [1.165, 1.54) is 24.4 Å². The van der Waals surface area contributed by atoms with Crippen molar-refractivity contribution in [3.63, 3.8) is 0 Å². The number of hydrogen-bond donors (Lipinski definition) is 1. The van der Waals surface area contributed by atoms with Crippen molar-refractivity contribution < 1.29 is 0 Å². The van der Waals surface area contributed by atoms with E-state index in [1.807, 2.05) is 11.3 Å². The van der Waals surface area contributed by atoms with E-state index in [-0.39, 0.29) is 0 Å². The van der Waals surface area contributed by atoms with Crippen molar-refractivity contribution >= 4 is 11.3 Å². The van der Waals surface area contributed by atoms with E-state index in [0.717, 1.165) is 13.1 Å². The van der Waals surface area contributed by atoms with E-state index in [2.05, 4.69) is 41.6 Å². The van der Waals surface area contributed by atoms with Gasteiger partial charge in [-0.2, -0.15) is 0 Å². The van der Waals surface area contributed by atoms with Crippen LogP contribution in [0.2, 0.25) is 0 Å². The number of thiophene rings is 1. The Balaban J connectivity index is 1.93. The molecule has 1 N–H and O–H groups in total. The molecule has 1 aliphatic rings. The Kier molecular flexibility index (Phi) is 3.44. The highest BCUT2D eigenvalue weighted by molar-refractivity contribution is 7.09. The summed E-state index contributed by atoms with van der Waals surface area (Å²) in [6.45, 7) is 9.18. The van der Waals surface area contributed by atoms with E-state index in [4.69, 9.17) is 0 Å². The summed E-state index contributed by atoms with van der Waals surface area (Å²) in [6, 6.07) is 4.37. The number of nitrogens with zero attached hydrogens (tertiary/aromatic N) is 1. The third-order valence-corrected chi connectivity index (χ3v) is 4.15. The van der Waals surface area contributed by atoms with Gasteiger partial charge in [0, 0.05) is 36.6 Å². The van der Waals surface area contributed by atoms with Gasteiger partial charge in [-0.15, -0.1) is 11.3 Å². The molecular weight excluding hydrogens is 204 g/mol. The fourth-order valence-corrected chi connectivity index (χ4v) is 2.89. The molecule has 0 spiro atoms. The van der Waals surface area contributed by atoms with E-state index < -0.39 is 0 Å². The van der Waals surface area contributed by atoms with Crippen LogP contribution in [-0.4, -0.2) is 30.1 Å². The van der Waals surface area contributed by atoms with Crippen LogP contribution >= 0.6 is 11.3 Å². The van der Waals surface area contributed by atoms with Gasteiger partial charge in [0.05, 0.1) is 0 Å². The molecule has 2 nitrogen and oxygen atoms in total. The average Bonchev–Trinajstić information content (AvgIpc) is 2.71. The molecule has 1 saturated heterocycles. The fraction of sp³-hybridized carbons (Fsp3) is 0.667. The first-order valence-corrected chi connectivity index (χ1v) is 6.59. The number of piperazine rings is 1. The SMILES string of the molecule is CCC1(C)CN(Cc2cccs2)CCN1. The average molecular weight is 224 g/mol. The van der Waals surface area contributed by atoms with Crippen molar-refractivity contribution in [2.45, 2.75) is 32.4 Å². The number of hydrogen-bond acceptors (Lipinski definition) is 3. The van der Waals surface area contributed by atoms with Crippen molar-refractivity contribution in [3.8, 4) is 0 Å². The van der Waals surface area contributed by atoms with Gasteiger partial charge in [0.2, 0.25) is 0 Å². The molecule has 1 unspecified atom stereocenters. The second-order valence-corrected chi connectivity index (χ2v) is 5.66. The molecule has 0 bridgehead atoms. The molecule has 1 aromatic rings. The molecule has 15 heavy (non-hydrogen) atoms. The summed E-state index contributed by atoms with van der Waals surface area (Å²) >= 11 is 1.86. The summed E-state index contributed by atoms with van der Waals surface area (Å²) in [7, 11) is 0. The van der Waals surface area contributed by atoms with Crippen LogP contribution in [0.4, 0.5) is 0 Å². The van der Waals surface area contributed by atoms with Crippen molar-refractivity contribution in [2.24, 2.45) is 0 Å². The Bertz CT molecular complexity index is 297. The minimum Gasteiger partial charge on any atom is -0.309 e. The van der Waals surface area contributed by atoms with Crippen LogP contribution in [0.15, 0.2) is 17.5 Å². The third kappa shape index (κ3) is 2.80. The molecule has 3 heteroatoms. The number of nitrogens with one attached hydrogen (secondary N) is 1. The maximum absolute atomic E-state index is 3.62. The molecule has 1 aromatic heterocycles. The minimum absolute atomic E-state index is 0.315. The third-order valence-electron chi connectivity index (χ3n) is 3.29. The Hall–Kier alpha value is -0.380. The highest BCUT2D eigenvalue weighted by atomic mass is 32.1. The van der Waals surface area contributed by atoms with Crippen LogP contribution in [-0.2, 0) is 6.54 Å². The summed E-state index contributed by atoms with van der Waals surface area (Å²) in [5.74, 6) is 0. The Morgan fingerprint density at radius 2 is 2.47 bits per heavy atom. The van der Waals surface area contributed by atoms with Crippen LogP contribution in [0, 0.1) is 0 Å². The summed E-state index contributed by atoms with van der Waals surface area (Å²) in [4.78, 5) is 4.04. The Morgan fingerprint density at radius 3 is 3.13 bits per heavy atom. The highest BCUT2D eigenvalue weighted by Gasteiger charge is 2.28. The first-order chi connectivity index (χ1) is 7.22. The van der Waals surface area contributed by atoms with Gasteiger partial charge in [0.15, 0.2) is 0 Å². The lowest BCUT2D eigenvalue weighted by molar-refractivity contribution is 0.134. The van der Waals surface area contributed by atoms with E-state index in [1.54, 1.807) is 0 Å². The minimum atomic E-state index is 0.315. The van der Waals surface area contributed by atoms with E-state index in [9.17, 15) is 0 Å². The first-order valence-electron chi connectivity index (χ1n) is 5.72. The van der Waals surface area contributed by atoms with Crippen LogP contribution in [0.25, 0.3) is 0 Å². The molecule has 1 aliphatic heterocycles. The van der Waals surface area contributed by atoms with Gasteiger partial charge < -0.3 is 5.32 Å². The predicted octanol–water partition coefficient (Wildman–Crippen LogP) is 2.32. The number of rotatable bonds is 3. The zero-order chi connectivity index (χ0) is 10.7. The van der Waals surface area contributed by atoms with Gasteiger partial charge in [0.1, 0.15) is 0 Å². The zero-order valence-corrected chi connectivity index (χ0v) is 10.4. The van der Waals surface area contributed by atoms with E-state index in [0.29, 0.717) is 5.54 Å². The van der Waals surface area contributed by atoms with Gasteiger partial charge in [-0.25, -0.2) is 0 Å². The fourth-order valence-electron chi connectivity index (χ4n) is 2.14. The molecule has 84 valence electrons. The standard InChI is InChI=1S/C12H20N2S/c1-3-12(2)10-14(7-6-13-12)9-11-5-4-8-15-11/h4-5,8,13H,3,6-7,9-10H2,1-2H3. The molecule has 2 heterocycles. The van der Waals surface area contributed by atoms with Crippen LogP contribution in [0.1, 0.15) is 25.1 Å². The second-order valence-electron chi connectivity index (χ2n) is 4.63. The summed E-state index contributed by atoms with van der Waals surface area (Å²) < 4.78 is 0. The van der Waals surface area contributed by atoms with Crippen molar-refractivity contribution in [1.82, 2.24) is 10.2 Å². The largest absolute Gasteiger partial charge is 0.309 e. The molecule has 0 aromatic carbocycles. The maximum atomic E-state index is 3.62. The van der Waals surface area contributed by atoms with Crippen LogP contribution in [0.5, 0.6) is 0 Å². The lowest BCUT2D eigenvalue weighted by Crippen LogP contribution is -2.57. The molecule has 0 amide bonds. The van der Waals surface area contributed by atoms with Gasteiger partial charge in [-0.3, -0.25) is 4.90 Å². The topological polar surface area (TPSA) is 15.3 Å². The predicted molar refractivity (Wildman–Crippen MR) is 66.3 cm³/mol. The summed E-state index contributed by atoms with van der Waals surface area (Å²) in [5.41, 5.74) is 0.315. The molecular formula is C12H20N2S. The molecule has 1 atom stereocenters. The highest BCUT2D eigenvalue weighted by Crippen LogP contribution is 2.18. The van der Waals surface area contributed by atoms with Crippen LogP contribution < -0.4 is 5.32 Å². The summed E-state index contributed by atoms with van der Waals surface area (Å²) in [5, 5.41) is 5.78. The Labute approximate surface area is 96.3 Å².